The highest BCUT2D eigenvalue weighted by atomic mass is 35.5. The molecule has 0 aliphatic rings. The van der Waals surface area contributed by atoms with Crippen molar-refractivity contribution in [1.29, 1.82) is 0 Å². The summed E-state index contributed by atoms with van der Waals surface area (Å²) in [6.07, 6.45) is 3.69. The molecule has 0 spiro atoms. The van der Waals surface area contributed by atoms with Gasteiger partial charge in [0.05, 0.1) is 11.6 Å². The maximum Gasteiger partial charge on any atom is 0.141 e. The Kier molecular flexibility index (Phi) is 3.64. The molecule has 0 saturated heterocycles. The fourth-order valence-electron chi connectivity index (χ4n) is 1.58. The molecular formula is C12H13ClFN3. The Morgan fingerprint density at radius 1 is 1.47 bits per heavy atom. The van der Waals surface area contributed by atoms with Gasteiger partial charge in [-0.25, -0.2) is 9.37 Å². The Balaban J connectivity index is 2.05. The molecule has 0 radical (unpaired) electrons. The summed E-state index contributed by atoms with van der Waals surface area (Å²) < 4.78 is 15.0. The monoisotopic (exact) mass is 253 g/mol. The van der Waals surface area contributed by atoms with Gasteiger partial charge < -0.3 is 9.88 Å². The first kappa shape index (κ1) is 11.9. The second-order valence-electron chi connectivity index (χ2n) is 3.61. The average molecular weight is 254 g/mol. The summed E-state index contributed by atoms with van der Waals surface area (Å²) in [5, 5.41) is 3.27. The molecule has 5 heteroatoms. The number of hydrogen-bond donors (Lipinski definition) is 1. The first-order chi connectivity index (χ1) is 8.20. The van der Waals surface area contributed by atoms with Crippen LogP contribution >= 0.6 is 11.6 Å². The van der Waals surface area contributed by atoms with Crippen LogP contribution in [-0.4, -0.2) is 9.55 Å². The lowest BCUT2D eigenvalue weighted by Crippen LogP contribution is -2.07. The molecule has 1 aromatic heterocycles. The zero-order chi connectivity index (χ0) is 12.3. The van der Waals surface area contributed by atoms with E-state index in [2.05, 4.69) is 17.2 Å². The van der Waals surface area contributed by atoms with Crippen LogP contribution in [0.4, 0.5) is 10.1 Å². The fraction of sp³-hybridized carbons (Fsp3) is 0.250. The lowest BCUT2D eigenvalue weighted by molar-refractivity contribution is 0.628. The third kappa shape index (κ3) is 2.77. The topological polar surface area (TPSA) is 29.9 Å². The highest BCUT2D eigenvalue weighted by Gasteiger charge is 2.03. The Hall–Kier alpha value is -1.55. The minimum absolute atomic E-state index is 0.119. The van der Waals surface area contributed by atoms with Gasteiger partial charge >= 0.3 is 0 Å². The number of rotatable bonds is 4. The molecule has 0 aliphatic heterocycles. The minimum Gasteiger partial charge on any atom is -0.378 e. The molecule has 0 bridgehead atoms. The van der Waals surface area contributed by atoms with Gasteiger partial charge in [-0.2, -0.15) is 0 Å². The molecule has 0 aliphatic carbocycles. The second kappa shape index (κ2) is 5.19. The largest absolute Gasteiger partial charge is 0.378 e. The molecular weight excluding hydrogens is 241 g/mol. The number of anilines is 1. The van der Waals surface area contributed by atoms with Gasteiger partial charge in [0.15, 0.2) is 0 Å². The van der Waals surface area contributed by atoms with E-state index < -0.39 is 5.82 Å². The minimum atomic E-state index is -0.410. The summed E-state index contributed by atoms with van der Waals surface area (Å²) in [6.45, 7) is 3.52. The van der Waals surface area contributed by atoms with Crippen LogP contribution in [0.2, 0.25) is 5.02 Å². The first-order valence-electron chi connectivity index (χ1n) is 5.39. The molecule has 0 unspecified atom stereocenters. The maximum atomic E-state index is 13.0. The predicted octanol–water partition coefficient (Wildman–Crippen LogP) is 3.31. The van der Waals surface area contributed by atoms with Gasteiger partial charge in [0.1, 0.15) is 11.6 Å². The van der Waals surface area contributed by atoms with E-state index in [4.69, 9.17) is 11.6 Å². The molecule has 0 fully saturated rings. The average Bonchev–Trinajstić information content (AvgIpc) is 2.78. The van der Waals surface area contributed by atoms with Crippen LogP contribution in [0.15, 0.2) is 30.6 Å². The molecule has 0 amide bonds. The van der Waals surface area contributed by atoms with Crippen molar-refractivity contribution in [3.05, 3.63) is 47.3 Å². The van der Waals surface area contributed by atoms with E-state index in [0.29, 0.717) is 6.54 Å². The molecule has 17 heavy (non-hydrogen) atoms. The Morgan fingerprint density at radius 3 is 3.00 bits per heavy atom. The van der Waals surface area contributed by atoms with Gasteiger partial charge in [0, 0.05) is 24.6 Å². The van der Waals surface area contributed by atoms with Crippen molar-refractivity contribution >= 4 is 17.3 Å². The van der Waals surface area contributed by atoms with E-state index in [1.165, 1.54) is 6.07 Å². The zero-order valence-corrected chi connectivity index (χ0v) is 10.2. The normalized spacial score (nSPS) is 10.5. The van der Waals surface area contributed by atoms with Crippen molar-refractivity contribution in [1.82, 2.24) is 9.55 Å². The Labute approximate surface area is 104 Å². The smallest absolute Gasteiger partial charge is 0.141 e. The number of imidazole rings is 1. The van der Waals surface area contributed by atoms with Crippen LogP contribution in [0, 0.1) is 5.82 Å². The van der Waals surface area contributed by atoms with Gasteiger partial charge in [0.2, 0.25) is 0 Å². The molecule has 0 atom stereocenters. The fourth-order valence-corrected chi connectivity index (χ4v) is 1.76. The van der Waals surface area contributed by atoms with Crippen LogP contribution in [0.1, 0.15) is 12.7 Å². The van der Waals surface area contributed by atoms with Crippen molar-refractivity contribution in [3.8, 4) is 0 Å². The van der Waals surface area contributed by atoms with Crippen LogP contribution < -0.4 is 5.32 Å². The van der Waals surface area contributed by atoms with Gasteiger partial charge in [-0.1, -0.05) is 11.6 Å². The number of hydrogen-bond acceptors (Lipinski definition) is 2. The molecule has 2 aromatic rings. The van der Waals surface area contributed by atoms with Crippen molar-refractivity contribution in [2.45, 2.75) is 20.0 Å². The van der Waals surface area contributed by atoms with E-state index >= 15 is 0 Å². The number of benzene rings is 1. The van der Waals surface area contributed by atoms with Gasteiger partial charge in [-0.05, 0) is 25.1 Å². The number of aryl methyl sites for hydroxylation is 1. The third-order valence-electron chi connectivity index (χ3n) is 2.51. The lowest BCUT2D eigenvalue weighted by atomic mass is 10.3. The summed E-state index contributed by atoms with van der Waals surface area (Å²) in [4.78, 5) is 4.24. The molecule has 1 N–H and O–H groups in total. The number of halogens is 2. The predicted molar refractivity (Wildman–Crippen MR) is 66.6 cm³/mol. The van der Waals surface area contributed by atoms with Gasteiger partial charge in [0.25, 0.3) is 0 Å². The molecule has 0 saturated carbocycles. The maximum absolute atomic E-state index is 13.0. The van der Waals surface area contributed by atoms with Crippen molar-refractivity contribution < 1.29 is 4.39 Å². The Morgan fingerprint density at radius 2 is 2.29 bits per heavy atom. The van der Waals surface area contributed by atoms with E-state index in [1.54, 1.807) is 18.3 Å². The zero-order valence-electron chi connectivity index (χ0n) is 9.45. The summed E-state index contributed by atoms with van der Waals surface area (Å²) >= 11 is 5.70. The third-order valence-corrected chi connectivity index (χ3v) is 2.80. The van der Waals surface area contributed by atoms with E-state index in [0.717, 1.165) is 18.1 Å². The van der Waals surface area contributed by atoms with E-state index in [-0.39, 0.29) is 5.02 Å². The van der Waals surface area contributed by atoms with Crippen LogP contribution in [-0.2, 0) is 13.1 Å². The van der Waals surface area contributed by atoms with Crippen molar-refractivity contribution in [2.24, 2.45) is 0 Å². The number of nitrogens with one attached hydrogen (secondary N) is 1. The lowest BCUT2D eigenvalue weighted by Gasteiger charge is -2.08. The second-order valence-corrected chi connectivity index (χ2v) is 4.02. The van der Waals surface area contributed by atoms with E-state index in [9.17, 15) is 4.39 Å². The van der Waals surface area contributed by atoms with Crippen molar-refractivity contribution in [2.75, 3.05) is 5.32 Å². The highest BCUT2D eigenvalue weighted by Crippen LogP contribution is 2.19. The van der Waals surface area contributed by atoms with Gasteiger partial charge in [-0.3, -0.25) is 0 Å². The van der Waals surface area contributed by atoms with E-state index in [1.807, 2.05) is 10.8 Å². The van der Waals surface area contributed by atoms with Crippen molar-refractivity contribution in [3.63, 3.8) is 0 Å². The Bertz CT molecular complexity index is 510. The number of aromatic nitrogens is 2. The molecule has 1 aromatic carbocycles. The summed E-state index contributed by atoms with van der Waals surface area (Å²) in [5.41, 5.74) is 0.780. The number of nitrogens with zero attached hydrogens (tertiary/aromatic N) is 2. The summed E-state index contributed by atoms with van der Waals surface area (Å²) in [5.74, 6) is 0.528. The van der Waals surface area contributed by atoms with Crippen LogP contribution in [0.3, 0.4) is 0 Å². The first-order valence-corrected chi connectivity index (χ1v) is 5.77. The standard InChI is InChI=1S/C12H13ClFN3/c1-2-17-6-5-15-12(17)8-16-9-3-4-11(14)10(13)7-9/h3-7,16H,2,8H2,1H3. The molecule has 1 heterocycles. The molecule has 3 nitrogen and oxygen atoms in total. The molecule has 2 rings (SSSR count). The summed E-state index contributed by atoms with van der Waals surface area (Å²) in [7, 11) is 0. The van der Waals surface area contributed by atoms with Crippen LogP contribution in [0.5, 0.6) is 0 Å². The van der Waals surface area contributed by atoms with Gasteiger partial charge in [-0.15, -0.1) is 0 Å². The highest BCUT2D eigenvalue weighted by molar-refractivity contribution is 6.31. The quantitative estimate of drug-likeness (QED) is 0.906. The summed E-state index contributed by atoms with van der Waals surface area (Å²) in [6, 6.07) is 4.56. The van der Waals surface area contributed by atoms with Crippen LogP contribution in [0.25, 0.3) is 0 Å². The SMILES string of the molecule is CCn1ccnc1CNc1ccc(F)c(Cl)c1. The molecule has 90 valence electrons.